The largest absolute Gasteiger partial charge is 0.456 e. The van der Waals surface area contributed by atoms with Crippen LogP contribution in [0.4, 0.5) is 26.3 Å². The van der Waals surface area contributed by atoms with Crippen LogP contribution in [0.2, 0.25) is 0 Å². The monoisotopic (exact) mass is 396 g/mol. The van der Waals surface area contributed by atoms with E-state index < -0.39 is 47.6 Å². The maximum atomic E-state index is 13.8. The molecule has 0 aliphatic heterocycles. The molecule has 0 radical (unpaired) electrons. The first-order valence-corrected chi connectivity index (χ1v) is 8.05. The molecular formula is C16H26F6O4. The molecule has 0 aliphatic carbocycles. The molecule has 4 nitrogen and oxygen atoms in total. The van der Waals surface area contributed by atoms with E-state index in [0.29, 0.717) is 13.8 Å². The van der Waals surface area contributed by atoms with Gasteiger partial charge < -0.3 is 14.2 Å². The van der Waals surface area contributed by atoms with Crippen molar-refractivity contribution in [2.75, 3.05) is 7.11 Å². The van der Waals surface area contributed by atoms with E-state index in [4.69, 9.17) is 0 Å². The van der Waals surface area contributed by atoms with E-state index in [-0.39, 0.29) is 6.42 Å². The topological polar surface area (TPSA) is 44.8 Å². The zero-order valence-corrected chi connectivity index (χ0v) is 15.8. The van der Waals surface area contributed by atoms with Gasteiger partial charge in [0.25, 0.3) is 0 Å². The van der Waals surface area contributed by atoms with Crippen molar-refractivity contribution < 1.29 is 45.3 Å². The second-order valence-electron chi connectivity index (χ2n) is 6.88. The van der Waals surface area contributed by atoms with Crippen molar-refractivity contribution in [2.45, 2.75) is 77.8 Å². The predicted molar refractivity (Wildman–Crippen MR) is 81.2 cm³/mol. The number of ether oxygens (including phenoxy) is 3. The molecule has 0 aromatic carbocycles. The SMILES string of the molecule is CCC(C)C(=O)OC(C)(C)C(OC(OC)C(C)C)(C(F)(F)F)C(F)(F)F. The summed E-state index contributed by atoms with van der Waals surface area (Å²) in [6.07, 6.45) is -13.5. The van der Waals surface area contributed by atoms with E-state index in [0.717, 1.165) is 7.11 Å². The number of hydrogen-bond acceptors (Lipinski definition) is 4. The number of halogens is 6. The predicted octanol–water partition coefficient (Wildman–Crippen LogP) is 4.86. The van der Waals surface area contributed by atoms with E-state index in [1.165, 1.54) is 20.8 Å². The Kier molecular flexibility index (Phi) is 8.00. The van der Waals surface area contributed by atoms with Crippen molar-refractivity contribution in [1.29, 1.82) is 0 Å². The Morgan fingerprint density at radius 2 is 1.38 bits per heavy atom. The molecule has 0 aromatic heterocycles. The second kappa shape index (κ2) is 8.33. The number of carbonyl (C=O) groups excluding carboxylic acids is 1. The minimum absolute atomic E-state index is 0.188. The maximum Gasteiger partial charge on any atom is 0.430 e. The molecule has 0 aromatic rings. The van der Waals surface area contributed by atoms with Gasteiger partial charge in [0.05, 0.1) is 5.92 Å². The summed E-state index contributed by atoms with van der Waals surface area (Å²) in [7, 11) is 0.931. The van der Waals surface area contributed by atoms with E-state index in [1.54, 1.807) is 6.92 Å². The van der Waals surface area contributed by atoms with Gasteiger partial charge in [-0.2, -0.15) is 26.3 Å². The smallest absolute Gasteiger partial charge is 0.430 e. The van der Waals surface area contributed by atoms with Crippen molar-refractivity contribution in [3.05, 3.63) is 0 Å². The van der Waals surface area contributed by atoms with Gasteiger partial charge in [-0.05, 0) is 20.3 Å². The third-order valence-corrected chi connectivity index (χ3v) is 4.09. The molecule has 0 bridgehead atoms. The van der Waals surface area contributed by atoms with Crippen molar-refractivity contribution >= 4 is 5.97 Å². The van der Waals surface area contributed by atoms with Crippen molar-refractivity contribution in [3.63, 3.8) is 0 Å². The van der Waals surface area contributed by atoms with Crippen molar-refractivity contribution in [1.82, 2.24) is 0 Å². The van der Waals surface area contributed by atoms with Gasteiger partial charge in [-0.1, -0.05) is 27.7 Å². The third-order valence-electron chi connectivity index (χ3n) is 4.09. The van der Waals surface area contributed by atoms with Crippen molar-refractivity contribution in [2.24, 2.45) is 11.8 Å². The lowest BCUT2D eigenvalue weighted by Gasteiger charge is -2.48. The van der Waals surface area contributed by atoms with Crippen LogP contribution < -0.4 is 0 Å². The van der Waals surface area contributed by atoms with Crippen LogP contribution in [0, 0.1) is 11.8 Å². The van der Waals surface area contributed by atoms with Crippen LogP contribution in [-0.2, 0) is 19.0 Å². The molecule has 0 N–H and O–H groups in total. The van der Waals surface area contributed by atoms with Crippen LogP contribution in [0.1, 0.15) is 48.0 Å². The highest BCUT2D eigenvalue weighted by molar-refractivity contribution is 5.72. The molecule has 10 heteroatoms. The van der Waals surface area contributed by atoms with Crippen LogP contribution in [-0.4, -0.2) is 42.9 Å². The van der Waals surface area contributed by atoms with Crippen LogP contribution in [0.5, 0.6) is 0 Å². The lowest BCUT2D eigenvalue weighted by atomic mass is 9.83. The summed E-state index contributed by atoms with van der Waals surface area (Å²) in [6, 6.07) is 0. The van der Waals surface area contributed by atoms with Gasteiger partial charge in [-0.3, -0.25) is 4.79 Å². The van der Waals surface area contributed by atoms with Gasteiger partial charge >= 0.3 is 23.9 Å². The van der Waals surface area contributed by atoms with Crippen molar-refractivity contribution in [3.8, 4) is 0 Å². The van der Waals surface area contributed by atoms with Gasteiger partial charge in [0.2, 0.25) is 0 Å². The molecular weight excluding hydrogens is 370 g/mol. The van der Waals surface area contributed by atoms with Gasteiger partial charge in [0.15, 0.2) is 11.9 Å². The summed E-state index contributed by atoms with van der Waals surface area (Å²) in [4.78, 5) is 11.9. The molecule has 156 valence electrons. The summed E-state index contributed by atoms with van der Waals surface area (Å²) in [5, 5.41) is 0. The second-order valence-corrected chi connectivity index (χ2v) is 6.88. The lowest BCUT2D eigenvalue weighted by Crippen LogP contribution is -2.72. The minimum atomic E-state index is -5.93. The summed E-state index contributed by atoms with van der Waals surface area (Å²) in [5.74, 6) is -2.89. The van der Waals surface area contributed by atoms with Crippen LogP contribution in [0.3, 0.4) is 0 Å². The number of alkyl halides is 6. The average Bonchev–Trinajstić information content (AvgIpc) is 2.43. The number of carbonyl (C=O) groups is 1. The molecule has 0 spiro atoms. The van der Waals surface area contributed by atoms with Gasteiger partial charge in [-0.25, -0.2) is 0 Å². The zero-order valence-electron chi connectivity index (χ0n) is 15.8. The fourth-order valence-electron chi connectivity index (χ4n) is 2.34. The highest BCUT2D eigenvalue weighted by atomic mass is 19.4. The first-order chi connectivity index (χ1) is 11.5. The quantitative estimate of drug-likeness (QED) is 0.334. The molecule has 0 amide bonds. The number of rotatable bonds is 8. The fourth-order valence-corrected chi connectivity index (χ4v) is 2.34. The Hall–Kier alpha value is -1.03. The van der Waals surface area contributed by atoms with Gasteiger partial charge in [0.1, 0.15) is 0 Å². The number of esters is 1. The average molecular weight is 396 g/mol. The Balaban J connectivity index is 6.41. The molecule has 0 saturated heterocycles. The summed E-state index contributed by atoms with van der Waals surface area (Å²) in [6.45, 7) is 6.63. The van der Waals surface area contributed by atoms with E-state index in [1.807, 2.05) is 0 Å². The molecule has 26 heavy (non-hydrogen) atoms. The summed E-state index contributed by atoms with van der Waals surface area (Å²) in [5.41, 5.74) is -7.88. The Morgan fingerprint density at radius 3 is 1.65 bits per heavy atom. The zero-order chi connectivity index (χ0) is 21.1. The highest BCUT2D eigenvalue weighted by Gasteiger charge is 2.81. The normalized spacial score (nSPS) is 16.5. The standard InChI is InChI=1S/C16H26F6O4/c1-8-10(4)11(23)25-13(5,6)14(15(17,18)19,16(20,21)22)26-12(24-7)9(2)3/h9-10,12H,8H2,1-7H3. The third kappa shape index (κ3) is 4.82. The van der Waals surface area contributed by atoms with Crippen LogP contribution in [0.15, 0.2) is 0 Å². The summed E-state index contributed by atoms with van der Waals surface area (Å²) < 4.78 is 96.5. The molecule has 0 heterocycles. The molecule has 0 saturated carbocycles. The maximum absolute atomic E-state index is 13.8. The molecule has 0 aliphatic rings. The first kappa shape index (κ1) is 25.0. The molecule has 2 atom stereocenters. The fraction of sp³-hybridized carbons (Fsp3) is 0.938. The van der Waals surface area contributed by atoms with E-state index >= 15 is 0 Å². The van der Waals surface area contributed by atoms with E-state index in [2.05, 4.69) is 14.2 Å². The van der Waals surface area contributed by atoms with Crippen LogP contribution >= 0.6 is 0 Å². The summed E-state index contributed by atoms with van der Waals surface area (Å²) >= 11 is 0. The Labute approximate surface area is 149 Å². The number of hydrogen-bond donors (Lipinski definition) is 0. The Bertz CT molecular complexity index is 456. The van der Waals surface area contributed by atoms with Gasteiger partial charge in [-0.15, -0.1) is 0 Å². The molecule has 0 fully saturated rings. The Morgan fingerprint density at radius 1 is 0.962 bits per heavy atom. The van der Waals surface area contributed by atoms with Gasteiger partial charge in [0, 0.05) is 13.0 Å². The minimum Gasteiger partial charge on any atom is -0.456 e. The first-order valence-electron chi connectivity index (χ1n) is 8.05. The van der Waals surface area contributed by atoms with E-state index in [9.17, 15) is 31.1 Å². The molecule has 2 unspecified atom stereocenters. The lowest BCUT2D eigenvalue weighted by molar-refractivity contribution is -0.445. The highest BCUT2D eigenvalue weighted by Crippen LogP contribution is 2.54. The van der Waals surface area contributed by atoms with Crippen LogP contribution in [0.25, 0.3) is 0 Å². The number of methoxy groups -OCH3 is 1. The molecule has 0 rings (SSSR count).